The Hall–Kier alpha value is -3.01. The molecule has 0 spiro atoms. The van der Waals surface area contributed by atoms with E-state index in [-0.39, 0.29) is 11.6 Å². The summed E-state index contributed by atoms with van der Waals surface area (Å²) in [6.45, 7) is 0. The van der Waals surface area contributed by atoms with Crippen LogP contribution in [0.15, 0.2) is 36.5 Å². The monoisotopic (exact) mass is 495 g/mol. The van der Waals surface area contributed by atoms with Crippen LogP contribution in [-0.2, 0) is 11.2 Å². The van der Waals surface area contributed by atoms with Crippen molar-refractivity contribution in [2.24, 2.45) is 0 Å². The molecule has 2 bridgehead atoms. The van der Waals surface area contributed by atoms with Crippen molar-refractivity contribution in [2.75, 3.05) is 0 Å². The zero-order valence-electron chi connectivity index (χ0n) is 17.9. The van der Waals surface area contributed by atoms with Gasteiger partial charge in [0.25, 0.3) is 11.8 Å². The number of nitrogens with zero attached hydrogens (tertiary/aromatic N) is 1. The molecule has 0 unspecified atom stereocenters. The van der Waals surface area contributed by atoms with E-state index in [1.165, 1.54) is 6.07 Å². The Morgan fingerprint density at radius 1 is 1.12 bits per heavy atom. The van der Waals surface area contributed by atoms with Crippen molar-refractivity contribution in [2.45, 2.75) is 62.1 Å². The first-order chi connectivity index (χ1) is 16.0. The van der Waals surface area contributed by atoms with Gasteiger partial charge in [0.2, 0.25) is 0 Å². The number of hydrogen-bond acceptors (Lipinski definition) is 5. The fourth-order valence-electron chi connectivity index (χ4n) is 5.27. The standard InChI is InChI=1S/C23H21ClF3N3O4/c24-14-2-6-17-13(9-14)1-5-18(33-17)20(32)30-22-8-7-21(11-22,12-22)29-19(31)16-4-3-15(10-28-16)34-23(25,26)27/h2-4,6,9-10,18H,1,5,7-8,11-12H2,(H,29,31)(H,30,32)/t18-,21?,22?/m1/s1. The second-order valence-electron chi connectivity index (χ2n) is 9.18. The number of ether oxygens (including phenoxy) is 2. The number of nitrogens with one attached hydrogen (secondary N) is 2. The number of rotatable bonds is 5. The SMILES string of the molecule is O=C(NC12CCC(NC(=O)[C@H]3CCc4cc(Cl)ccc4O3)(C1)C2)c1ccc(OC(F)(F)F)cn1. The number of aryl methyl sites for hydroxylation is 1. The van der Waals surface area contributed by atoms with Crippen LogP contribution in [0.1, 0.15) is 48.2 Å². The van der Waals surface area contributed by atoms with Crippen molar-refractivity contribution in [3.63, 3.8) is 0 Å². The van der Waals surface area contributed by atoms with Crippen LogP contribution in [0, 0.1) is 0 Å². The summed E-state index contributed by atoms with van der Waals surface area (Å²) in [4.78, 5) is 29.2. The van der Waals surface area contributed by atoms with Crippen LogP contribution in [0.25, 0.3) is 0 Å². The van der Waals surface area contributed by atoms with E-state index in [1.807, 2.05) is 6.07 Å². The number of hydrogen-bond donors (Lipinski definition) is 2. The molecule has 4 aliphatic rings. The van der Waals surface area contributed by atoms with E-state index < -0.39 is 35.2 Å². The summed E-state index contributed by atoms with van der Waals surface area (Å²) in [5.74, 6) is -0.492. The molecule has 1 atom stereocenters. The summed E-state index contributed by atoms with van der Waals surface area (Å²) in [5.41, 5.74) is 0.106. The topological polar surface area (TPSA) is 89.6 Å². The zero-order chi connectivity index (χ0) is 24.1. The van der Waals surface area contributed by atoms with E-state index >= 15 is 0 Å². The smallest absolute Gasteiger partial charge is 0.480 e. The maximum atomic E-state index is 12.9. The van der Waals surface area contributed by atoms with Crippen molar-refractivity contribution in [1.82, 2.24) is 15.6 Å². The van der Waals surface area contributed by atoms with E-state index in [4.69, 9.17) is 16.3 Å². The molecule has 2 aromatic rings. The molecule has 1 aliphatic heterocycles. The third kappa shape index (κ3) is 4.51. The van der Waals surface area contributed by atoms with Gasteiger partial charge in [-0.2, -0.15) is 0 Å². The van der Waals surface area contributed by atoms with Crippen LogP contribution < -0.4 is 20.1 Å². The molecule has 34 heavy (non-hydrogen) atoms. The average molecular weight is 496 g/mol. The number of alkyl halides is 3. The number of aromatic nitrogens is 1. The molecule has 2 heterocycles. The predicted octanol–water partition coefficient (Wildman–Crippen LogP) is 3.94. The second-order valence-corrected chi connectivity index (χ2v) is 9.62. The van der Waals surface area contributed by atoms with E-state index in [9.17, 15) is 22.8 Å². The van der Waals surface area contributed by atoms with Gasteiger partial charge in [-0.25, -0.2) is 4.98 Å². The first-order valence-electron chi connectivity index (χ1n) is 10.9. The van der Waals surface area contributed by atoms with Crippen LogP contribution >= 0.6 is 11.6 Å². The lowest BCUT2D eigenvalue weighted by Gasteiger charge is -2.48. The molecule has 3 aliphatic carbocycles. The van der Waals surface area contributed by atoms with Crippen molar-refractivity contribution in [3.8, 4) is 11.5 Å². The Morgan fingerprint density at radius 2 is 1.85 bits per heavy atom. The van der Waals surface area contributed by atoms with Gasteiger partial charge in [-0.1, -0.05) is 11.6 Å². The highest BCUT2D eigenvalue weighted by atomic mass is 35.5. The molecule has 11 heteroatoms. The molecule has 7 nitrogen and oxygen atoms in total. The zero-order valence-corrected chi connectivity index (χ0v) is 18.6. The molecule has 0 saturated heterocycles. The van der Waals surface area contributed by atoms with Gasteiger partial charge in [0.15, 0.2) is 6.10 Å². The van der Waals surface area contributed by atoms with Gasteiger partial charge in [-0.3, -0.25) is 9.59 Å². The third-order valence-corrected chi connectivity index (χ3v) is 6.90. The number of fused-ring (bicyclic) bond motifs is 2. The van der Waals surface area contributed by atoms with Crippen LogP contribution in [-0.4, -0.2) is 40.3 Å². The maximum absolute atomic E-state index is 12.9. The van der Waals surface area contributed by atoms with Crippen LogP contribution in [0.4, 0.5) is 13.2 Å². The van der Waals surface area contributed by atoms with Crippen LogP contribution in [0.5, 0.6) is 11.5 Å². The number of carbonyl (C=O) groups excluding carboxylic acids is 2. The third-order valence-electron chi connectivity index (χ3n) is 6.67. The molecule has 180 valence electrons. The van der Waals surface area contributed by atoms with Gasteiger partial charge in [0.1, 0.15) is 17.2 Å². The lowest BCUT2D eigenvalue weighted by atomic mass is 9.71. The highest BCUT2D eigenvalue weighted by Gasteiger charge is 2.62. The number of pyridine rings is 1. The number of carbonyl (C=O) groups is 2. The molecule has 3 fully saturated rings. The Bertz CT molecular complexity index is 1130. The summed E-state index contributed by atoms with van der Waals surface area (Å²) >= 11 is 6.02. The lowest BCUT2D eigenvalue weighted by Crippen LogP contribution is -2.65. The minimum absolute atomic E-state index is 0.00768. The van der Waals surface area contributed by atoms with Gasteiger partial charge in [-0.05, 0) is 74.4 Å². The van der Waals surface area contributed by atoms with Crippen molar-refractivity contribution in [3.05, 3.63) is 52.8 Å². The van der Waals surface area contributed by atoms with Gasteiger partial charge >= 0.3 is 6.36 Å². The molecular formula is C23H21ClF3N3O4. The molecule has 1 aromatic carbocycles. The summed E-state index contributed by atoms with van der Waals surface area (Å²) in [6, 6.07) is 7.56. The van der Waals surface area contributed by atoms with E-state index in [0.717, 1.165) is 17.8 Å². The van der Waals surface area contributed by atoms with Gasteiger partial charge < -0.3 is 20.1 Å². The Morgan fingerprint density at radius 3 is 2.53 bits per heavy atom. The number of amides is 2. The van der Waals surface area contributed by atoms with Crippen LogP contribution in [0.3, 0.4) is 0 Å². The predicted molar refractivity (Wildman–Crippen MR) is 115 cm³/mol. The average Bonchev–Trinajstić information content (AvgIpc) is 3.27. The first-order valence-corrected chi connectivity index (χ1v) is 11.2. The van der Waals surface area contributed by atoms with Crippen molar-refractivity contribution < 1.29 is 32.2 Å². The molecular weight excluding hydrogens is 475 g/mol. The second kappa shape index (κ2) is 8.04. The van der Waals surface area contributed by atoms with E-state index in [2.05, 4.69) is 20.4 Å². The fourth-order valence-corrected chi connectivity index (χ4v) is 5.47. The van der Waals surface area contributed by atoms with Crippen LogP contribution in [0.2, 0.25) is 5.02 Å². The summed E-state index contributed by atoms with van der Waals surface area (Å²) in [5, 5.41) is 6.69. The Balaban J connectivity index is 1.15. The van der Waals surface area contributed by atoms with Gasteiger partial charge in [0, 0.05) is 16.1 Å². The summed E-state index contributed by atoms with van der Waals surface area (Å²) in [7, 11) is 0. The van der Waals surface area contributed by atoms with Crippen molar-refractivity contribution >= 4 is 23.4 Å². The highest BCUT2D eigenvalue weighted by molar-refractivity contribution is 6.30. The minimum Gasteiger partial charge on any atom is -0.480 e. The largest absolute Gasteiger partial charge is 0.573 e. The maximum Gasteiger partial charge on any atom is 0.573 e. The molecule has 0 radical (unpaired) electrons. The minimum atomic E-state index is -4.83. The number of benzene rings is 1. The van der Waals surface area contributed by atoms with Gasteiger partial charge in [0.05, 0.1) is 6.20 Å². The van der Waals surface area contributed by atoms with E-state index in [1.54, 1.807) is 12.1 Å². The van der Waals surface area contributed by atoms with Gasteiger partial charge in [-0.15, -0.1) is 13.2 Å². The summed E-state index contributed by atoms with van der Waals surface area (Å²) < 4.78 is 46.5. The van der Waals surface area contributed by atoms with Crippen molar-refractivity contribution in [1.29, 1.82) is 0 Å². The molecule has 6 rings (SSSR count). The Kier molecular flexibility index (Phi) is 5.38. The lowest BCUT2D eigenvalue weighted by molar-refractivity contribution is -0.274. The normalized spacial score (nSPS) is 27.1. The molecule has 3 saturated carbocycles. The fraction of sp³-hybridized carbons (Fsp3) is 0.435. The van der Waals surface area contributed by atoms with E-state index in [0.29, 0.717) is 49.3 Å². The molecule has 1 aromatic heterocycles. The quantitative estimate of drug-likeness (QED) is 0.656. The number of halogens is 4. The molecule has 2 N–H and O–H groups in total. The summed E-state index contributed by atoms with van der Waals surface area (Å²) in [6.07, 6.45) is -0.765. The molecule has 2 amide bonds. The first kappa shape index (κ1) is 22.8. The highest BCUT2D eigenvalue weighted by Crippen LogP contribution is 2.55. The Labute approximate surface area is 198 Å².